The van der Waals surface area contributed by atoms with E-state index in [1.54, 1.807) is 36.6 Å². The molecule has 0 spiro atoms. The SMILES string of the molecule is CCOc1cc(-c2nc(SC)[nH]c(=O)c2C#N)ccc1OCc1cccc(F)c1. The zero-order valence-electron chi connectivity index (χ0n) is 15.9. The molecule has 0 radical (unpaired) electrons. The molecule has 8 heteroatoms. The Balaban J connectivity index is 1.97. The Bertz CT molecular complexity index is 1120. The summed E-state index contributed by atoms with van der Waals surface area (Å²) >= 11 is 1.27. The van der Waals surface area contributed by atoms with Crippen molar-refractivity contribution in [1.29, 1.82) is 5.26 Å². The van der Waals surface area contributed by atoms with Gasteiger partial charge >= 0.3 is 0 Å². The summed E-state index contributed by atoms with van der Waals surface area (Å²) in [5.74, 6) is 0.576. The molecule has 3 aromatic rings. The van der Waals surface area contributed by atoms with Gasteiger partial charge in [-0.25, -0.2) is 9.37 Å². The van der Waals surface area contributed by atoms with E-state index in [4.69, 9.17) is 9.47 Å². The zero-order valence-corrected chi connectivity index (χ0v) is 16.7. The van der Waals surface area contributed by atoms with E-state index in [-0.39, 0.29) is 23.7 Å². The lowest BCUT2D eigenvalue weighted by Gasteiger charge is -2.14. The lowest BCUT2D eigenvalue weighted by atomic mass is 10.1. The van der Waals surface area contributed by atoms with Crippen LogP contribution in [0.3, 0.4) is 0 Å². The van der Waals surface area contributed by atoms with Gasteiger partial charge in [0.15, 0.2) is 16.7 Å². The highest BCUT2D eigenvalue weighted by atomic mass is 32.2. The Morgan fingerprint density at radius 2 is 2.03 bits per heavy atom. The molecule has 0 aliphatic carbocycles. The summed E-state index contributed by atoms with van der Waals surface area (Å²) < 4.78 is 24.8. The first-order chi connectivity index (χ1) is 14.0. The molecule has 29 heavy (non-hydrogen) atoms. The van der Waals surface area contributed by atoms with Crippen molar-refractivity contribution >= 4 is 11.8 Å². The molecule has 1 N–H and O–H groups in total. The monoisotopic (exact) mass is 411 g/mol. The molecule has 0 atom stereocenters. The Hall–Kier alpha value is -3.31. The van der Waals surface area contributed by atoms with Crippen molar-refractivity contribution in [2.75, 3.05) is 12.9 Å². The van der Waals surface area contributed by atoms with Crippen LogP contribution in [0.15, 0.2) is 52.4 Å². The Morgan fingerprint density at radius 1 is 1.21 bits per heavy atom. The van der Waals surface area contributed by atoms with Gasteiger partial charge in [0.2, 0.25) is 0 Å². The topological polar surface area (TPSA) is 88.0 Å². The van der Waals surface area contributed by atoms with Crippen molar-refractivity contribution in [3.8, 4) is 28.8 Å². The maximum Gasteiger partial charge on any atom is 0.270 e. The molecule has 0 bridgehead atoms. The lowest BCUT2D eigenvalue weighted by molar-refractivity contribution is 0.269. The largest absolute Gasteiger partial charge is 0.490 e. The van der Waals surface area contributed by atoms with Crippen LogP contribution >= 0.6 is 11.8 Å². The number of aromatic amines is 1. The lowest BCUT2D eigenvalue weighted by Crippen LogP contribution is -2.14. The Kier molecular flexibility index (Phi) is 6.52. The number of aromatic nitrogens is 2. The fourth-order valence-electron chi connectivity index (χ4n) is 2.69. The van der Waals surface area contributed by atoms with Gasteiger partial charge < -0.3 is 14.5 Å². The van der Waals surface area contributed by atoms with Gasteiger partial charge in [0.25, 0.3) is 5.56 Å². The highest BCUT2D eigenvalue weighted by Gasteiger charge is 2.16. The van der Waals surface area contributed by atoms with Gasteiger partial charge in [0.05, 0.1) is 12.3 Å². The van der Waals surface area contributed by atoms with Gasteiger partial charge in [0, 0.05) is 5.56 Å². The van der Waals surface area contributed by atoms with E-state index in [0.29, 0.717) is 34.4 Å². The summed E-state index contributed by atoms with van der Waals surface area (Å²) in [6.45, 7) is 2.39. The molecule has 0 aliphatic rings. The smallest absolute Gasteiger partial charge is 0.270 e. The highest BCUT2D eigenvalue weighted by Crippen LogP contribution is 2.33. The quantitative estimate of drug-likeness (QED) is 0.464. The number of hydrogen-bond donors (Lipinski definition) is 1. The summed E-state index contributed by atoms with van der Waals surface area (Å²) in [7, 11) is 0. The van der Waals surface area contributed by atoms with Crippen molar-refractivity contribution < 1.29 is 13.9 Å². The molecule has 0 amide bonds. The molecule has 148 valence electrons. The minimum atomic E-state index is -0.494. The first-order valence-corrected chi connectivity index (χ1v) is 10.0. The summed E-state index contributed by atoms with van der Waals surface area (Å²) in [6.07, 6.45) is 1.78. The van der Waals surface area contributed by atoms with Gasteiger partial charge in [-0.1, -0.05) is 23.9 Å². The van der Waals surface area contributed by atoms with Crippen molar-refractivity contribution in [2.45, 2.75) is 18.7 Å². The third-order valence-corrected chi connectivity index (χ3v) is 4.58. The first kappa shape index (κ1) is 20.4. The molecule has 0 saturated heterocycles. The molecule has 3 rings (SSSR count). The predicted molar refractivity (Wildman–Crippen MR) is 109 cm³/mol. The number of halogens is 1. The van der Waals surface area contributed by atoms with Crippen LogP contribution in [-0.4, -0.2) is 22.8 Å². The molecule has 0 aliphatic heterocycles. The molecular formula is C21H18FN3O3S. The van der Waals surface area contributed by atoms with Gasteiger partial charge in [0.1, 0.15) is 24.1 Å². The summed E-state index contributed by atoms with van der Waals surface area (Å²) in [5.41, 5.74) is 0.955. The molecule has 1 aromatic heterocycles. The number of nitrogens with one attached hydrogen (secondary N) is 1. The second-order valence-electron chi connectivity index (χ2n) is 5.92. The number of thioether (sulfide) groups is 1. The number of hydrogen-bond acceptors (Lipinski definition) is 6. The van der Waals surface area contributed by atoms with E-state index >= 15 is 0 Å². The van der Waals surface area contributed by atoms with E-state index in [1.165, 1.54) is 23.9 Å². The van der Waals surface area contributed by atoms with Crippen LogP contribution in [0.1, 0.15) is 18.1 Å². The Morgan fingerprint density at radius 3 is 2.72 bits per heavy atom. The van der Waals surface area contributed by atoms with Crippen LogP contribution in [-0.2, 0) is 6.61 Å². The van der Waals surface area contributed by atoms with E-state index in [1.807, 2.05) is 13.0 Å². The highest BCUT2D eigenvalue weighted by molar-refractivity contribution is 7.98. The van der Waals surface area contributed by atoms with E-state index in [0.717, 1.165) is 0 Å². The van der Waals surface area contributed by atoms with Crippen molar-refractivity contribution in [1.82, 2.24) is 9.97 Å². The molecule has 6 nitrogen and oxygen atoms in total. The molecule has 2 aromatic carbocycles. The van der Waals surface area contributed by atoms with Crippen LogP contribution in [0.25, 0.3) is 11.3 Å². The van der Waals surface area contributed by atoms with Crippen molar-refractivity contribution in [2.24, 2.45) is 0 Å². The van der Waals surface area contributed by atoms with E-state index in [2.05, 4.69) is 9.97 Å². The molecular weight excluding hydrogens is 393 g/mol. The third-order valence-electron chi connectivity index (χ3n) is 4.00. The number of ether oxygens (including phenoxy) is 2. The number of nitrogens with zero attached hydrogens (tertiary/aromatic N) is 2. The number of benzene rings is 2. The number of H-pyrrole nitrogens is 1. The molecule has 0 fully saturated rings. The van der Waals surface area contributed by atoms with Crippen LogP contribution in [0, 0.1) is 17.1 Å². The number of nitriles is 1. The summed E-state index contributed by atoms with van der Waals surface area (Å²) in [5, 5.41) is 9.79. The fraction of sp³-hybridized carbons (Fsp3) is 0.190. The van der Waals surface area contributed by atoms with Crippen LogP contribution < -0.4 is 15.0 Å². The molecule has 0 saturated carbocycles. The summed E-state index contributed by atoms with van der Waals surface area (Å²) in [6, 6.07) is 13.1. The Labute approximate surface area is 171 Å². The summed E-state index contributed by atoms with van der Waals surface area (Å²) in [4.78, 5) is 19.1. The van der Waals surface area contributed by atoms with Crippen LogP contribution in [0.5, 0.6) is 11.5 Å². The maximum atomic E-state index is 13.4. The third kappa shape index (κ3) is 4.76. The van der Waals surface area contributed by atoms with Gasteiger partial charge in [-0.15, -0.1) is 0 Å². The average molecular weight is 411 g/mol. The van der Waals surface area contributed by atoms with E-state index in [9.17, 15) is 14.4 Å². The predicted octanol–water partition coefficient (Wildman–Crippen LogP) is 4.15. The second-order valence-corrected chi connectivity index (χ2v) is 6.72. The van der Waals surface area contributed by atoms with Crippen LogP contribution in [0.2, 0.25) is 0 Å². The minimum absolute atomic E-state index is 0.0707. The van der Waals surface area contributed by atoms with Crippen molar-refractivity contribution in [3.63, 3.8) is 0 Å². The standard InChI is InChI=1S/C21H18FN3O3S/c1-3-27-18-10-14(19-16(11-23)20(26)25-21(24-19)29-2)7-8-17(18)28-12-13-5-4-6-15(22)9-13/h4-10H,3,12H2,1-2H3,(H,24,25,26). The molecule has 0 unspecified atom stereocenters. The zero-order chi connectivity index (χ0) is 20.8. The van der Waals surface area contributed by atoms with Crippen LogP contribution in [0.4, 0.5) is 4.39 Å². The van der Waals surface area contributed by atoms with Gasteiger partial charge in [-0.2, -0.15) is 5.26 Å². The first-order valence-electron chi connectivity index (χ1n) is 8.78. The maximum absolute atomic E-state index is 13.4. The van der Waals surface area contributed by atoms with Crippen molar-refractivity contribution in [3.05, 3.63) is 69.8 Å². The minimum Gasteiger partial charge on any atom is -0.490 e. The van der Waals surface area contributed by atoms with Gasteiger partial charge in [-0.3, -0.25) is 4.79 Å². The average Bonchev–Trinajstić information content (AvgIpc) is 2.72. The molecule has 1 heterocycles. The normalized spacial score (nSPS) is 10.4. The fourth-order valence-corrected chi connectivity index (χ4v) is 3.07. The van der Waals surface area contributed by atoms with Gasteiger partial charge in [-0.05, 0) is 49.1 Å². The van der Waals surface area contributed by atoms with E-state index < -0.39 is 5.56 Å². The number of rotatable bonds is 7. The second kappa shape index (κ2) is 9.26.